The van der Waals surface area contributed by atoms with Gasteiger partial charge in [0.2, 0.25) is 10.0 Å². The quantitative estimate of drug-likeness (QED) is 0.849. The van der Waals surface area contributed by atoms with Gasteiger partial charge in [0, 0.05) is 24.1 Å². The second-order valence-electron chi connectivity index (χ2n) is 5.06. The first kappa shape index (κ1) is 17.1. The van der Waals surface area contributed by atoms with Gasteiger partial charge in [-0.15, -0.1) is 0 Å². The molecule has 2 N–H and O–H groups in total. The molecule has 0 aliphatic rings. The Balaban J connectivity index is 2.08. The Hall–Kier alpha value is -2.25. The number of benzene rings is 1. The van der Waals surface area contributed by atoms with Crippen molar-refractivity contribution in [3.63, 3.8) is 0 Å². The van der Waals surface area contributed by atoms with Gasteiger partial charge < -0.3 is 5.32 Å². The van der Waals surface area contributed by atoms with Crippen LogP contribution in [0.4, 0.5) is 5.69 Å². The molecular formula is C16H19N3O3S. The minimum atomic E-state index is -3.50. The third-order valence-electron chi connectivity index (χ3n) is 3.14. The van der Waals surface area contributed by atoms with Crippen molar-refractivity contribution in [2.75, 3.05) is 11.9 Å². The van der Waals surface area contributed by atoms with Crippen LogP contribution in [-0.4, -0.2) is 25.9 Å². The first-order valence-corrected chi connectivity index (χ1v) is 8.74. The van der Waals surface area contributed by atoms with Gasteiger partial charge in [0.25, 0.3) is 5.91 Å². The summed E-state index contributed by atoms with van der Waals surface area (Å²) >= 11 is 0. The Labute approximate surface area is 136 Å². The number of anilines is 1. The van der Waals surface area contributed by atoms with E-state index in [2.05, 4.69) is 15.0 Å². The van der Waals surface area contributed by atoms with Crippen LogP contribution < -0.4 is 10.0 Å². The molecule has 23 heavy (non-hydrogen) atoms. The molecular weight excluding hydrogens is 314 g/mol. The lowest BCUT2D eigenvalue weighted by atomic mass is 10.2. The predicted molar refractivity (Wildman–Crippen MR) is 88.8 cm³/mol. The second kappa shape index (κ2) is 7.34. The van der Waals surface area contributed by atoms with Gasteiger partial charge in [-0.05, 0) is 49.7 Å². The Morgan fingerprint density at radius 1 is 1.13 bits per heavy atom. The zero-order valence-corrected chi connectivity index (χ0v) is 13.9. The average molecular weight is 333 g/mol. The van der Waals surface area contributed by atoms with Crippen LogP contribution in [0.2, 0.25) is 0 Å². The number of hydrogen-bond donors (Lipinski definition) is 2. The van der Waals surface area contributed by atoms with Crippen molar-refractivity contribution >= 4 is 21.6 Å². The fourth-order valence-corrected chi connectivity index (χ4v) is 2.98. The minimum absolute atomic E-state index is 0.168. The van der Waals surface area contributed by atoms with Crippen molar-refractivity contribution in [2.24, 2.45) is 0 Å². The normalized spacial score (nSPS) is 11.2. The highest BCUT2D eigenvalue weighted by atomic mass is 32.2. The smallest absolute Gasteiger partial charge is 0.257 e. The van der Waals surface area contributed by atoms with Gasteiger partial charge in [-0.1, -0.05) is 6.92 Å². The van der Waals surface area contributed by atoms with Gasteiger partial charge in [0.05, 0.1) is 10.5 Å². The van der Waals surface area contributed by atoms with Gasteiger partial charge in [0.15, 0.2) is 0 Å². The average Bonchev–Trinajstić information content (AvgIpc) is 2.54. The molecule has 0 fully saturated rings. The van der Waals surface area contributed by atoms with E-state index in [0.717, 1.165) is 12.1 Å². The van der Waals surface area contributed by atoms with Gasteiger partial charge in [-0.2, -0.15) is 0 Å². The van der Waals surface area contributed by atoms with E-state index in [4.69, 9.17) is 0 Å². The monoisotopic (exact) mass is 333 g/mol. The summed E-state index contributed by atoms with van der Waals surface area (Å²) in [6, 6.07) is 9.47. The lowest BCUT2D eigenvalue weighted by molar-refractivity contribution is 0.102. The first-order chi connectivity index (χ1) is 10.9. The molecule has 0 unspecified atom stereocenters. The van der Waals surface area contributed by atoms with E-state index >= 15 is 0 Å². The number of sulfonamides is 1. The Morgan fingerprint density at radius 3 is 2.39 bits per heavy atom. The van der Waals surface area contributed by atoms with Crippen LogP contribution in [0.25, 0.3) is 0 Å². The molecule has 6 nitrogen and oxygen atoms in total. The summed E-state index contributed by atoms with van der Waals surface area (Å²) in [5.74, 6) is -0.294. The van der Waals surface area contributed by atoms with Crippen LogP contribution in [0.15, 0.2) is 47.5 Å². The highest BCUT2D eigenvalue weighted by molar-refractivity contribution is 7.89. The van der Waals surface area contributed by atoms with Crippen LogP contribution in [0.1, 0.15) is 29.4 Å². The molecule has 0 spiro atoms. The largest absolute Gasteiger partial charge is 0.322 e. The number of amides is 1. The van der Waals surface area contributed by atoms with E-state index in [1.54, 1.807) is 24.3 Å². The summed E-state index contributed by atoms with van der Waals surface area (Å²) in [5, 5.41) is 2.71. The van der Waals surface area contributed by atoms with Crippen molar-refractivity contribution in [3.05, 3.63) is 53.9 Å². The molecule has 0 bridgehead atoms. The van der Waals surface area contributed by atoms with Gasteiger partial charge in [-0.25, -0.2) is 13.1 Å². The summed E-state index contributed by atoms with van der Waals surface area (Å²) in [7, 11) is -3.50. The van der Waals surface area contributed by atoms with Crippen LogP contribution in [0, 0.1) is 6.92 Å². The van der Waals surface area contributed by atoms with Crippen molar-refractivity contribution in [1.29, 1.82) is 0 Å². The summed E-state index contributed by atoms with van der Waals surface area (Å²) in [6.45, 7) is 4.12. The minimum Gasteiger partial charge on any atom is -0.322 e. The van der Waals surface area contributed by atoms with E-state index < -0.39 is 10.0 Å². The molecule has 0 radical (unpaired) electrons. The fourth-order valence-electron chi connectivity index (χ4n) is 1.84. The fraction of sp³-hybridized carbons (Fsp3) is 0.250. The topological polar surface area (TPSA) is 88.2 Å². The number of carbonyl (C=O) groups is 1. The maximum absolute atomic E-state index is 12.1. The maximum atomic E-state index is 12.1. The molecule has 0 saturated heterocycles. The van der Waals surface area contributed by atoms with E-state index in [1.165, 1.54) is 18.3 Å². The van der Waals surface area contributed by atoms with E-state index in [0.29, 0.717) is 17.8 Å². The lowest BCUT2D eigenvalue weighted by Gasteiger charge is -2.08. The number of nitrogens with one attached hydrogen (secondary N) is 2. The zero-order valence-electron chi connectivity index (χ0n) is 13.0. The van der Waals surface area contributed by atoms with Crippen LogP contribution in [0.3, 0.4) is 0 Å². The zero-order chi connectivity index (χ0) is 16.9. The first-order valence-electron chi connectivity index (χ1n) is 7.26. The number of aryl methyl sites for hydroxylation is 1. The summed E-state index contributed by atoms with van der Waals surface area (Å²) in [6.07, 6.45) is 2.22. The lowest BCUT2D eigenvalue weighted by Crippen LogP contribution is -2.24. The van der Waals surface area contributed by atoms with Gasteiger partial charge >= 0.3 is 0 Å². The van der Waals surface area contributed by atoms with Crippen LogP contribution >= 0.6 is 0 Å². The van der Waals surface area contributed by atoms with Gasteiger partial charge in [-0.3, -0.25) is 9.78 Å². The Morgan fingerprint density at radius 2 is 1.83 bits per heavy atom. The van der Waals surface area contributed by atoms with Crippen molar-refractivity contribution < 1.29 is 13.2 Å². The molecule has 0 aliphatic heterocycles. The highest BCUT2D eigenvalue weighted by Gasteiger charge is 2.13. The molecule has 7 heteroatoms. The number of pyridine rings is 1. The number of aromatic nitrogens is 1. The van der Waals surface area contributed by atoms with Crippen LogP contribution in [0.5, 0.6) is 0 Å². The summed E-state index contributed by atoms with van der Waals surface area (Å²) < 4.78 is 26.4. The number of nitrogens with zero attached hydrogens (tertiary/aromatic N) is 1. The van der Waals surface area contributed by atoms with E-state index in [1.807, 2.05) is 13.8 Å². The Kier molecular flexibility index (Phi) is 5.46. The third-order valence-corrected chi connectivity index (χ3v) is 4.62. The molecule has 1 aromatic heterocycles. The highest BCUT2D eigenvalue weighted by Crippen LogP contribution is 2.15. The molecule has 0 aliphatic carbocycles. The predicted octanol–water partition coefficient (Wildman–Crippen LogP) is 2.33. The number of hydrogen-bond acceptors (Lipinski definition) is 4. The molecule has 2 rings (SSSR count). The van der Waals surface area contributed by atoms with E-state index in [9.17, 15) is 13.2 Å². The summed E-state index contributed by atoms with van der Waals surface area (Å²) in [4.78, 5) is 16.3. The molecule has 1 amide bonds. The Bertz CT molecular complexity index is 769. The van der Waals surface area contributed by atoms with Crippen molar-refractivity contribution in [2.45, 2.75) is 25.2 Å². The van der Waals surface area contributed by atoms with Crippen molar-refractivity contribution in [1.82, 2.24) is 9.71 Å². The SMILES string of the molecule is CCCNS(=O)(=O)c1ccc(NC(=O)c2ccc(C)nc2)cc1. The van der Waals surface area contributed by atoms with Crippen LogP contribution in [-0.2, 0) is 10.0 Å². The van der Waals surface area contributed by atoms with E-state index in [-0.39, 0.29) is 10.8 Å². The molecule has 2 aromatic rings. The van der Waals surface area contributed by atoms with Crippen molar-refractivity contribution in [3.8, 4) is 0 Å². The molecule has 0 atom stereocenters. The third kappa shape index (κ3) is 4.61. The molecule has 1 aromatic carbocycles. The summed E-state index contributed by atoms with van der Waals surface area (Å²) in [5.41, 5.74) is 1.79. The molecule has 0 saturated carbocycles. The van der Waals surface area contributed by atoms with Gasteiger partial charge in [0.1, 0.15) is 0 Å². The number of carbonyl (C=O) groups excluding carboxylic acids is 1. The molecule has 1 heterocycles. The number of rotatable bonds is 6. The standard InChI is InChI=1S/C16H19N3O3S/c1-3-10-18-23(21,22)15-8-6-14(7-9-15)19-16(20)13-5-4-12(2)17-11-13/h4-9,11,18H,3,10H2,1-2H3,(H,19,20). The molecule has 122 valence electrons. The second-order valence-corrected chi connectivity index (χ2v) is 6.83. The maximum Gasteiger partial charge on any atom is 0.257 e.